The number of anilines is 5. The van der Waals surface area contributed by atoms with Gasteiger partial charge in [-0.05, 0) is 109 Å². The molecule has 2 heteroatoms. The van der Waals surface area contributed by atoms with Gasteiger partial charge in [0, 0.05) is 33.2 Å². The van der Waals surface area contributed by atoms with E-state index >= 15 is 0 Å². The van der Waals surface area contributed by atoms with E-state index in [1.807, 2.05) is 0 Å². The maximum atomic E-state index is 2.62. The van der Waals surface area contributed by atoms with E-state index < -0.39 is 0 Å². The third-order valence-electron chi connectivity index (χ3n) is 14.4. The zero-order valence-corrected chi connectivity index (χ0v) is 35.7. The quantitative estimate of drug-likeness (QED) is 0.171. The Hall–Kier alpha value is -7.16. The Morgan fingerprint density at radius 3 is 1.76 bits per heavy atom. The molecule has 12 rings (SSSR count). The van der Waals surface area contributed by atoms with Gasteiger partial charge in [-0.2, -0.15) is 0 Å². The van der Waals surface area contributed by atoms with Crippen LogP contribution in [-0.2, 0) is 10.8 Å². The van der Waals surface area contributed by atoms with Crippen LogP contribution in [0.25, 0.3) is 43.4 Å². The third kappa shape index (κ3) is 5.49. The van der Waals surface area contributed by atoms with Crippen molar-refractivity contribution in [3.63, 3.8) is 0 Å². The zero-order chi connectivity index (χ0) is 41.7. The number of para-hydroxylation sites is 1. The fourth-order valence-electron chi connectivity index (χ4n) is 11.1. The van der Waals surface area contributed by atoms with E-state index in [2.05, 4.69) is 238 Å². The van der Waals surface area contributed by atoms with E-state index in [-0.39, 0.29) is 16.7 Å². The first kappa shape index (κ1) is 36.7. The van der Waals surface area contributed by atoms with Crippen LogP contribution < -0.4 is 9.80 Å². The molecular weight excluding hydrogens is 749 g/mol. The molecule has 0 radical (unpaired) electrons. The molecule has 0 spiro atoms. The van der Waals surface area contributed by atoms with Gasteiger partial charge in [0.25, 0.3) is 0 Å². The highest BCUT2D eigenvalue weighted by Crippen LogP contribution is 2.61. The fourth-order valence-corrected chi connectivity index (χ4v) is 11.1. The molecule has 1 unspecified atom stereocenters. The number of hydrogen-bond acceptors (Lipinski definition) is 2. The molecule has 1 atom stereocenters. The Balaban J connectivity index is 0.998. The van der Waals surface area contributed by atoms with Gasteiger partial charge in [0.2, 0.25) is 0 Å². The summed E-state index contributed by atoms with van der Waals surface area (Å²) >= 11 is 0. The highest BCUT2D eigenvalue weighted by atomic mass is 15.2. The molecule has 298 valence electrons. The highest BCUT2D eigenvalue weighted by molar-refractivity contribution is 6.05. The summed E-state index contributed by atoms with van der Waals surface area (Å²) in [7, 11) is 0. The van der Waals surface area contributed by atoms with Crippen molar-refractivity contribution in [1.29, 1.82) is 0 Å². The largest absolute Gasteiger partial charge is 0.310 e. The first-order chi connectivity index (χ1) is 30.3. The summed E-state index contributed by atoms with van der Waals surface area (Å²) in [6.07, 6.45) is 3.62. The number of rotatable bonds is 5. The topological polar surface area (TPSA) is 6.48 Å². The molecule has 0 N–H and O–H groups in total. The zero-order valence-electron chi connectivity index (χ0n) is 35.7. The summed E-state index contributed by atoms with van der Waals surface area (Å²) in [5.74, 6) is 0.280. The SMILES string of the molecule is CC1(C)C2=CC(c3ccc4ccccc4c3)CC3=C2N(c2ccc(-c4ccc(N(c5cccc6ccccc56)c5cccc6ccccc56)cc4)cc21)c1ccccc1C3(C)C. The monoisotopic (exact) mass is 796 g/mol. The van der Waals surface area contributed by atoms with E-state index in [1.54, 1.807) is 0 Å². The summed E-state index contributed by atoms with van der Waals surface area (Å²) in [6, 6.07) is 72.1. The van der Waals surface area contributed by atoms with Gasteiger partial charge in [-0.15, -0.1) is 0 Å². The lowest BCUT2D eigenvalue weighted by atomic mass is 9.60. The van der Waals surface area contributed by atoms with Crippen molar-refractivity contribution < 1.29 is 0 Å². The second-order valence-electron chi connectivity index (χ2n) is 18.5. The second-order valence-corrected chi connectivity index (χ2v) is 18.5. The number of fused-ring (bicyclic) bond motifs is 7. The van der Waals surface area contributed by atoms with Crippen LogP contribution in [0.4, 0.5) is 28.4 Å². The third-order valence-corrected chi connectivity index (χ3v) is 14.4. The number of hydrogen-bond donors (Lipinski definition) is 0. The summed E-state index contributed by atoms with van der Waals surface area (Å²) < 4.78 is 0. The second kappa shape index (κ2) is 13.7. The lowest BCUT2D eigenvalue weighted by Gasteiger charge is -2.53. The van der Waals surface area contributed by atoms with Gasteiger partial charge in [0.15, 0.2) is 0 Å². The Morgan fingerprint density at radius 2 is 1.05 bits per heavy atom. The molecule has 9 aromatic rings. The van der Waals surface area contributed by atoms with Crippen LogP contribution in [0.3, 0.4) is 0 Å². The van der Waals surface area contributed by atoms with Crippen LogP contribution in [0.15, 0.2) is 217 Å². The van der Waals surface area contributed by atoms with Crippen molar-refractivity contribution in [3.05, 3.63) is 234 Å². The molecule has 2 aliphatic heterocycles. The maximum absolute atomic E-state index is 2.62. The van der Waals surface area contributed by atoms with Gasteiger partial charge in [-0.3, -0.25) is 0 Å². The van der Waals surface area contributed by atoms with Gasteiger partial charge in [0.05, 0.1) is 28.4 Å². The first-order valence-electron chi connectivity index (χ1n) is 22.1. The predicted octanol–water partition coefficient (Wildman–Crippen LogP) is 16.4. The fraction of sp³-hybridized carbons (Fsp3) is 0.133. The molecule has 2 heterocycles. The van der Waals surface area contributed by atoms with Crippen LogP contribution in [0.2, 0.25) is 0 Å². The van der Waals surface area contributed by atoms with E-state index in [9.17, 15) is 0 Å². The molecule has 3 aliphatic rings. The molecule has 0 fully saturated rings. The molecule has 0 aromatic heterocycles. The van der Waals surface area contributed by atoms with Crippen molar-refractivity contribution in [1.82, 2.24) is 0 Å². The van der Waals surface area contributed by atoms with Crippen molar-refractivity contribution in [2.45, 2.75) is 50.9 Å². The van der Waals surface area contributed by atoms with Crippen molar-refractivity contribution >= 4 is 60.8 Å². The minimum Gasteiger partial charge on any atom is -0.310 e. The standard InChI is InChI=1S/C60H48N2/c1-59(2)50-23-11-12-24-56(50)62-57-34-31-45(36-51(57)60(3,4)53-38-46(37-52(59)58(53)62)44-28-27-39-15-5-6-18-43(39)35-44)40-29-32-47(33-30-40)61(54-25-13-19-41-16-7-9-21-48(41)54)55-26-14-20-42-17-8-10-22-49(42)55/h5-36,38,46H,37H2,1-4H3. The number of allylic oxidation sites excluding steroid dienone is 3. The van der Waals surface area contributed by atoms with Crippen LogP contribution in [0.1, 0.15) is 56.7 Å². The predicted molar refractivity (Wildman–Crippen MR) is 263 cm³/mol. The minimum atomic E-state index is -0.236. The van der Waals surface area contributed by atoms with E-state index in [0.717, 1.165) is 12.1 Å². The number of nitrogens with zero attached hydrogens (tertiary/aromatic N) is 2. The minimum absolute atomic E-state index is 0.113. The Bertz CT molecular complexity index is 3250. The van der Waals surface area contributed by atoms with E-state index in [0.29, 0.717) is 0 Å². The van der Waals surface area contributed by atoms with Crippen LogP contribution in [0, 0.1) is 0 Å². The normalized spacial score (nSPS) is 17.1. The molecule has 0 bridgehead atoms. The van der Waals surface area contributed by atoms with Crippen molar-refractivity contribution in [3.8, 4) is 11.1 Å². The van der Waals surface area contributed by atoms with Gasteiger partial charge in [-0.25, -0.2) is 0 Å². The molecule has 2 nitrogen and oxygen atoms in total. The summed E-state index contributed by atoms with van der Waals surface area (Å²) in [6.45, 7) is 9.80. The molecule has 1 aliphatic carbocycles. The van der Waals surface area contributed by atoms with E-state index in [1.165, 1.54) is 99.7 Å². The lowest BCUT2D eigenvalue weighted by molar-refractivity contribution is 0.518. The maximum Gasteiger partial charge on any atom is 0.0540 e. The molecule has 9 aromatic carbocycles. The molecule has 62 heavy (non-hydrogen) atoms. The average Bonchev–Trinajstić information content (AvgIpc) is 3.31. The Kier molecular flexibility index (Phi) is 8.09. The van der Waals surface area contributed by atoms with Crippen LogP contribution in [-0.4, -0.2) is 0 Å². The summed E-state index contributed by atoms with van der Waals surface area (Å²) in [5.41, 5.74) is 16.6. The number of benzene rings is 9. The van der Waals surface area contributed by atoms with Crippen molar-refractivity contribution in [2.24, 2.45) is 0 Å². The van der Waals surface area contributed by atoms with Gasteiger partial charge < -0.3 is 9.80 Å². The average molecular weight is 797 g/mol. The summed E-state index contributed by atoms with van der Waals surface area (Å²) in [5, 5.41) is 7.50. The smallest absolute Gasteiger partial charge is 0.0540 e. The molecule has 0 amide bonds. The first-order valence-corrected chi connectivity index (χ1v) is 22.1. The van der Waals surface area contributed by atoms with Gasteiger partial charge in [-0.1, -0.05) is 185 Å². The molecular formula is C60H48N2. The van der Waals surface area contributed by atoms with Crippen molar-refractivity contribution in [2.75, 3.05) is 9.80 Å². The Morgan fingerprint density at radius 1 is 0.468 bits per heavy atom. The molecule has 0 saturated carbocycles. The summed E-state index contributed by atoms with van der Waals surface area (Å²) in [4.78, 5) is 5.05. The van der Waals surface area contributed by atoms with Crippen LogP contribution >= 0.6 is 0 Å². The highest BCUT2D eigenvalue weighted by Gasteiger charge is 2.49. The lowest BCUT2D eigenvalue weighted by Crippen LogP contribution is -2.44. The van der Waals surface area contributed by atoms with Crippen LogP contribution in [0.5, 0.6) is 0 Å². The molecule has 0 saturated heterocycles. The van der Waals surface area contributed by atoms with Gasteiger partial charge in [0.1, 0.15) is 0 Å². The van der Waals surface area contributed by atoms with E-state index in [4.69, 9.17) is 0 Å². The Labute approximate surface area is 364 Å². The van der Waals surface area contributed by atoms with Gasteiger partial charge >= 0.3 is 0 Å².